The number of carbonyl (C=O) groups excluding carboxylic acids is 2. The summed E-state index contributed by atoms with van der Waals surface area (Å²) in [6, 6.07) is 1.45. The van der Waals surface area contributed by atoms with Crippen molar-refractivity contribution in [1.82, 2.24) is 15.6 Å². The first kappa shape index (κ1) is 15.2. The van der Waals surface area contributed by atoms with Crippen LogP contribution in [0.5, 0.6) is 0 Å². The molecule has 0 radical (unpaired) electrons. The molecule has 0 unspecified atom stereocenters. The zero-order valence-corrected chi connectivity index (χ0v) is 11.5. The van der Waals surface area contributed by atoms with Gasteiger partial charge in [-0.3, -0.25) is 9.59 Å². The van der Waals surface area contributed by atoms with Gasteiger partial charge in [-0.05, 0) is 12.5 Å². The Morgan fingerprint density at radius 2 is 2.11 bits per heavy atom. The molecule has 7 heteroatoms. The molecule has 0 aromatic carbocycles. The Hall–Kier alpha value is -1.82. The topological polar surface area (TPSA) is 97.1 Å². The van der Waals surface area contributed by atoms with E-state index >= 15 is 0 Å². The van der Waals surface area contributed by atoms with Gasteiger partial charge in [0.2, 0.25) is 5.91 Å². The molecule has 104 valence electrons. The van der Waals surface area contributed by atoms with Crippen molar-refractivity contribution in [2.45, 2.75) is 19.8 Å². The van der Waals surface area contributed by atoms with Crippen LogP contribution in [0.3, 0.4) is 0 Å². The molecule has 2 amide bonds. The molecule has 0 aliphatic heterocycles. The molecule has 4 N–H and O–H groups in total. The summed E-state index contributed by atoms with van der Waals surface area (Å²) in [5.74, 6) is -0.493. The molecular weight excluding hydrogens is 268 g/mol. The normalized spacial score (nSPS) is 10.0. The van der Waals surface area contributed by atoms with Gasteiger partial charge in [-0.15, -0.1) is 0 Å². The molecular formula is C12H17ClN4O2. The van der Waals surface area contributed by atoms with Crippen LogP contribution in [0.2, 0.25) is 5.15 Å². The van der Waals surface area contributed by atoms with Crippen LogP contribution in [0.1, 0.15) is 30.1 Å². The first-order valence-corrected chi connectivity index (χ1v) is 6.38. The lowest BCUT2D eigenvalue weighted by molar-refractivity contribution is -0.120. The van der Waals surface area contributed by atoms with E-state index in [9.17, 15) is 9.59 Å². The molecule has 1 aromatic heterocycles. The van der Waals surface area contributed by atoms with E-state index in [1.807, 2.05) is 6.92 Å². The van der Waals surface area contributed by atoms with E-state index in [1.165, 1.54) is 12.3 Å². The third-order valence-corrected chi connectivity index (χ3v) is 2.62. The standard InChI is InChI=1S/C12H17ClN4O2/c1-2-4-15-10(18)3-5-16-12(19)9-6-8(14)7-17-11(9)13/h6-7H,2-5,14H2,1H3,(H,15,18)(H,16,19). The minimum Gasteiger partial charge on any atom is -0.397 e. The van der Waals surface area contributed by atoms with Gasteiger partial charge < -0.3 is 16.4 Å². The Balaban J connectivity index is 2.43. The molecule has 0 saturated carbocycles. The highest BCUT2D eigenvalue weighted by atomic mass is 35.5. The average Bonchev–Trinajstić information content (AvgIpc) is 2.39. The predicted molar refractivity (Wildman–Crippen MR) is 73.9 cm³/mol. The minimum atomic E-state index is -0.395. The van der Waals surface area contributed by atoms with Crippen molar-refractivity contribution in [2.24, 2.45) is 0 Å². The zero-order valence-electron chi connectivity index (χ0n) is 10.7. The van der Waals surface area contributed by atoms with Gasteiger partial charge in [0.15, 0.2) is 0 Å². The van der Waals surface area contributed by atoms with Gasteiger partial charge in [-0.1, -0.05) is 18.5 Å². The summed E-state index contributed by atoms with van der Waals surface area (Å²) in [5, 5.41) is 5.40. The fourth-order valence-electron chi connectivity index (χ4n) is 1.36. The van der Waals surface area contributed by atoms with E-state index in [1.54, 1.807) is 0 Å². The highest BCUT2D eigenvalue weighted by Crippen LogP contribution is 2.15. The smallest absolute Gasteiger partial charge is 0.254 e. The molecule has 0 atom stereocenters. The van der Waals surface area contributed by atoms with E-state index in [-0.39, 0.29) is 29.6 Å². The largest absolute Gasteiger partial charge is 0.397 e. The number of carbonyl (C=O) groups is 2. The fraction of sp³-hybridized carbons (Fsp3) is 0.417. The number of amides is 2. The summed E-state index contributed by atoms with van der Waals surface area (Å²) in [6.45, 7) is 2.84. The second-order valence-corrected chi connectivity index (χ2v) is 4.32. The molecule has 0 saturated heterocycles. The second-order valence-electron chi connectivity index (χ2n) is 3.96. The molecule has 0 bridgehead atoms. The Labute approximate surface area is 116 Å². The van der Waals surface area contributed by atoms with Crippen LogP contribution >= 0.6 is 11.6 Å². The number of hydrogen-bond acceptors (Lipinski definition) is 4. The molecule has 0 spiro atoms. The highest BCUT2D eigenvalue weighted by molar-refractivity contribution is 6.32. The maximum Gasteiger partial charge on any atom is 0.254 e. The van der Waals surface area contributed by atoms with E-state index in [4.69, 9.17) is 17.3 Å². The Morgan fingerprint density at radius 3 is 2.79 bits per heavy atom. The molecule has 1 aromatic rings. The minimum absolute atomic E-state index is 0.0853. The Kier molecular flexibility index (Phi) is 6.08. The molecule has 0 fully saturated rings. The van der Waals surface area contributed by atoms with Crippen molar-refractivity contribution in [3.05, 3.63) is 23.0 Å². The van der Waals surface area contributed by atoms with Gasteiger partial charge in [0.1, 0.15) is 5.15 Å². The molecule has 0 aliphatic carbocycles. The predicted octanol–water partition coefficient (Wildman–Crippen LogP) is 0.963. The van der Waals surface area contributed by atoms with Crippen LogP contribution in [0.25, 0.3) is 0 Å². The summed E-state index contributed by atoms with van der Waals surface area (Å²) in [6.07, 6.45) is 2.47. The van der Waals surface area contributed by atoms with Gasteiger partial charge >= 0.3 is 0 Å². The third kappa shape index (κ3) is 5.13. The number of pyridine rings is 1. The number of nitrogens with one attached hydrogen (secondary N) is 2. The summed E-state index contributed by atoms with van der Waals surface area (Å²) in [5.41, 5.74) is 6.09. The highest BCUT2D eigenvalue weighted by Gasteiger charge is 2.12. The van der Waals surface area contributed by atoms with E-state index < -0.39 is 5.91 Å². The van der Waals surface area contributed by atoms with Gasteiger partial charge in [0.25, 0.3) is 5.91 Å². The van der Waals surface area contributed by atoms with Crippen molar-refractivity contribution in [3.63, 3.8) is 0 Å². The molecule has 1 rings (SSSR count). The lowest BCUT2D eigenvalue weighted by atomic mass is 10.2. The number of aromatic nitrogens is 1. The lowest BCUT2D eigenvalue weighted by Gasteiger charge is -2.07. The van der Waals surface area contributed by atoms with Crippen molar-refractivity contribution < 1.29 is 9.59 Å². The van der Waals surface area contributed by atoms with Gasteiger partial charge in [0.05, 0.1) is 17.4 Å². The fourth-order valence-corrected chi connectivity index (χ4v) is 1.55. The summed E-state index contributed by atoms with van der Waals surface area (Å²) in [4.78, 5) is 26.9. The maximum atomic E-state index is 11.8. The van der Waals surface area contributed by atoms with Gasteiger partial charge in [-0.25, -0.2) is 4.98 Å². The SMILES string of the molecule is CCCNC(=O)CCNC(=O)c1cc(N)cnc1Cl. The van der Waals surface area contributed by atoms with Crippen LogP contribution in [0.4, 0.5) is 5.69 Å². The van der Waals surface area contributed by atoms with Crippen molar-refractivity contribution >= 4 is 29.1 Å². The van der Waals surface area contributed by atoms with E-state index in [2.05, 4.69) is 15.6 Å². The average molecular weight is 285 g/mol. The maximum absolute atomic E-state index is 11.8. The van der Waals surface area contributed by atoms with Crippen molar-refractivity contribution in [2.75, 3.05) is 18.8 Å². The van der Waals surface area contributed by atoms with E-state index in [0.717, 1.165) is 6.42 Å². The van der Waals surface area contributed by atoms with Crippen LogP contribution in [-0.2, 0) is 4.79 Å². The zero-order chi connectivity index (χ0) is 14.3. The number of halogens is 1. The van der Waals surface area contributed by atoms with Crippen LogP contribution < -0.4 is 16.4 Å². The van der Waals surface area contributed by atoms with Crippen molar-refractivity contribution in [3.8, 4) is 0 Å². The van der Waals surface area contributed by atoms with Crippen molar-refractivity contribution in [1.29, 1.82) is 0 Å². The first-order valence-electron chi connectivity index (χ1n) is 6.00. The summed E-state index contributed by atoms with van der Waals surface area (Å²) >= 11 is 5.79. The Morgan fingerprint density at radius 1 is 1.37 bits per heavy atom. The third-order valence-electron chi connectivity index (χ3n) is 2.31. The lowest BCUT2D eigenvalue weighted by Crippen LogP contribution is -2.31. The number of nitrogens with two attached hydrogens (primary N) is 1. The van der Waals surface area contributed by atoms with Crippen LogP contribution in [0.15, 0.2) is 12.3 Å². The molecule has 0 aliphatic rings. The molecule has 6 nitrogen and oxygen atoms in total. The quantitative estimate of drug-likeness (QED) is 0.678. The van der Waals surface area contributed by atoms with E-state index in [0.29, 0.717) is 12.2 Å². The first-order chi connectivity index (χ1) is 9.04. The number of hydrogen-bond donors (Lipinski definition) is 3. The molecule has 19 heavy (non-hydrogen) atoms. The second kappa shape index (κ2) is 7.58. The monoisotopic (exact) mass is 284 g/mol. The summed E-state index contributed by atoms with van der Waals surface area (Å²) in [7, 11) is 0. The Bertz CT molecular complexity index is 465. The molecule has 1 heterocycles. The van der Waals surface area contributed by atoms with Crippen LogP contribution in [-0.4, -0.2) is 29.9 Å². The van der Waals surface area contributed by atoms with Gasteiger partial charge in [-0.2, -0.15) is 0 Å². The number of anilines is 1. The number of rotatable bonds is 6. The number of nitrogens with zero attached hydrogens (tertiary/aromatic N) is 1. The number of nitrogen functional groups attached to an aromatic ring is 1. The van der Waals surface area contributed by atoms with Gasteiger partial charge in [0, 0.05) is 19.5 Å². The van der Waals surface area contributed by atoms with Crippen LogP contribution in [0, 0.1) is 0 Å². The summed E-state index contributed by atoms with van der Waals surface area (Å²) < 4.78 is 0.